The number of hydrogen-bond acceptors (Lipinski definition) is 0. The SMILES string of the molecule is C/C=C/BF. The van der Waals surface area contributed by atoms with Crippen LogP contribution in [0.5, 0.6) is 0 Å². The van der Waals surface area contributed by atoms with Crippen LogP contribution in [0.4, 0.5) is 4.32 Å². The predicted molar refractivity (Wildman–Crippen MR) is 23.1 cm³/mol. The summed E-state index contributed by atoms with van der Waals surface area (Å²) in [4.78, 5) is 0. The zero-order chi connectivity index (χ0) is 4.12. The average Bonchev–Trinajstić information content (AvgIpc) is 1.41. The fraction of sp³-hybridized carbons (Fsp3) is 0.333. The van der Waals surface area contributed by atoms with Gasteiger partial charge < -0.3 is 4.32 Å². The first kappa shape index (κ1) is 4.73. The molecule has 2 heteroatoms. The smallest absolute Gasteiger partial charge is 0.335 e. The Kier molecular flexibility index (Phi) is 3.54. The lowest BCUT2D eigenvalue weighted by molar-refractivity contribution is 0.883. The normalized spacial score (nSPS) is 9.20. The molecule has 0 spiro atoms. The number of halogens is 1. The van der Waals surface area contributed by atoms with Gasteiger partial charge in [0, 0.05) is 0 Å². The van der Waals surface area contributed by atoms with Crippen molar-refractivity contribution in [3.8, 4) is 0 Å². The van der Waals surface area contributed by atoms with Crippen LogP contribution in [0.1, 0.15) is 6.92 Å². The Labute approximate surface area is 32.0 Å². The van der Waals surface area contributed by atoms with Crippen LogP contribution in [0, 0.1) is 0 Å². The largest absolute Gasteiger partial charge is 0.356 e. The van der Waals surface area contributed by atoms with Crippen molar-refractivity contribution in [1.29, 1.82) is 0 Å². The minimum atomic E-state index is -0.337. The van der Waals surface area contributed by atoms with Crippen molar-refractivity contribution in [3.63, 3.8) is 0 Å². The van der Waals surface area contributed by atoms with Crippen molar-refractivity contribution < 1.29 is 4.32 Å². The zero-order valence-electron chi connectivity index (χ0n) is 3.24. The van der Waals surface area contributed by atoms with E-state index in [1.54, 1.807) is 13.0 Å². The highest BCUT2D eigenvalue weighted by Gasteiger charge is 1.64. The first-order valence-electron chi connectivity index (χ1n) is 1.59. The molecule has 0 aliphatic rings. The van der Waals surface area contributed by atoms with Crippen LogP contribution in [-0.4, -0.2) is 7.56 Å². The van der Waals surface area contributed by atoms with Crippen molar-refractivity contribution in [1.82, 2.24) is 0 Å². The zero-order valence-corrected chi connectivity index (χ0v) is 3.24. The van der Waals surface area contributed by atoms with Gasteiger partial charge in [0.15, 0.2) is 0 Å². The van der Waals surface area contributed by atoms with Gasteiger partial charge in [-0.25, -0.2) is 0 Å². The molecule has 5 heavy (non-hydrogen) atoms. The van der Waals surface area contributed by atoms with E-state index in [9.17, 15) is 4.32 Å². The molecule has 0 nitrogen and oxygen atoms in total. The number of rotatable bonds is 1. The van der Waals surface area contributed by atoms with Gasteiger partial charge in [-0.1, -0.05) is 12.1 Å². The van der Waals surface area contributed by atoms with Gasteiger partial charge >= 0.3 is 7.56 Å². The number of hydrogen-bond donors (Lipinski definition) is 0. The molecule has 0 aromatic heterocycles. The van der Waals surface area contributed by atoms with E-state index in [0.717, 1.165) is 0 Å². The van der Waals surface area contributed by atoms with Gasteiger partial charge in [0.05, 0.1) is 0 Å². The van der Waals surface area contributed by atoms with E-state index in [1.807, 2.05) is 0 Å². The Bertz CT molecular complexity index is 33.9. The molecule has 0 saturated heterocycles. The fourth-order valence-electron chi connectivity index (χ4n) is 0.0891. The first-order valence-corrected chi connectivity index (χ1v) is 1.59. The van der Waals surface area contributed by atoms with E-state index in [4.69, 9.17) is 0 Å². The summed E-state index contributed by atoms with van der Waals surface area (Å²) in [6.45, 7) is 1.79. The van der Waals surface area contributed by atoms with Gasteiger partial charge in [0.25, 0.3) is 0 Å². The minimum Gasteiger partial charge on any atom is -0.335 e. The molecule has 0 aliphatic heterocycles. The van der Waals surface area contributed by atoms with Crippen molar-refractivity contribution >= 4 is 7.56 Å². The Balaban J connectivity index is 2.62. The molecule has 0 fully saturated rings. The molecule has 0 aromatic rings. The van der Waals surface area contributed by atoms with E-state index < -0.39 is 0 Å². The molecule has 0 radical (unpaired) electrons. The van der Waals surface area contributed by atoms with Gasteiger partial charge in [-0.2, -0.15) is 0 Å². The summed E-state index contributed by atoms with van der Waals surface area (Å²) >= 11 is 0. The van der Waals surface area contributed by atoms with Gasteiger partial charge in [0.1, 0.15) is 0 Å². The molecular formula is C3H6BF. The fourth-order valence-corrected chi connectivity index (χ4v) is 0.0891. The maximum absolute atomic E-state index is 10.9. The highest BCUT2D eigenvalue weighted by atomic mass is 19.1. The van der Waals surface area contributed by atoms with Crippen LogP contribution in [0.3, 0.4) is 0 Å². The van der Waals surface area contributed by atoms with Crippen molar-refractivity contribution in [3.05, 3.63) is 12.1 Å². The molecule has 0 unspecified atom stereocenters. The monoisotopic (exact) mass is 72.1 g/mol. The van der Waals surface area contributed by atoms with Crippen LogP contribution in [-0.2, 0) is 0 Å². The predicted octanol–water partition coefficient (Wildman–Crippen LogP) is 0.841. The van der Waals surface area contributed by atoms with Gasteiger partial charge in [-0.05, 0) is 6.92 Å². The topological polar surface area (TPSA) is 0 Å². The molecule has 0 saturated carbocycles. The Hall–Kier alpha value is -0.265. The van der Waals surface area contributed by atoms with E-state index >= 15 is 0 Å². The summed E-state index contributed by atoms with van der Waals surface area (Å²) in [5, 5.41) is 0. The second-order valence-electron chi connectivity index (χ2n) is 0.723. The number of allylic oxidation sites excluding steroid dienone is 1. The summed E-state index contributed by atoms with van der Waals surface area (Å²) in [5.41, 5.74) is 0. The van der Waals surface area contributed by atoms with Crippen LogP contribution in [0.2, 0.25) is 0 Å². The Morgan fingerprint density at radius 1 is 1.80 bits per heavy atom. The second-order valence-corrected chi connectivity index (χ2v) is 0.723. The first-order chi connectivity index (χ1) is 2.41. The molecule has 0 atom stereocenters. The van der Waals surface area contributed by atoms with E-state index in [-0.39, 0.29) is 7.56 Å². The summed E-state index contributed by atoms with van der Waals surface area (Å²) in [6.07, 6.45) is 1.68. The minimum absolute atomic E-state index is 0.337. The van der Waals surface area contributed by atoms with E-state index in [2.05, 4.69) is 0 Å². The standard InChI is InChI=1S/C3H6BF/c1-2-3-4-5/h2-4H,1H3/b3-2+. The molecule has 0 aliphatic carbocycles. The maximum atomic E-state index is 10.9. The van der Waals surface area contributed by atoms with E-state index in [1.165, 1.54) is 5.98 Å². The van der Waals surface area contributed by atoms with Crippen molar-refractivity contribution in [2.24, 2.45) is 0 Å². The molecule has 28 valence electrons. The van der Waals surface area contributed by atoms with Gasteiger partial charge in [-0.3, -0.25) is 0 Å². The van der Waals surface area contributed by atoms with Crippen LogP contribution >= 0.6 is 0 Å². The lowest BCUT2D eigenvalue weighted by atomic mass is 10.1. The van der Waals surface area contributed by atoms with Crippen LogP contribution < -0.4 is 0 Å². The third kappa shape index (κ3) is 3.73. The summed E-state index contributed by atoms with van der Waals surface area (Å²) < 4.78 is 10.9. The third-order valence-electron chi connectivity index (χ3n) is 0.325. The average molecular weight is 71.9 g/mol. The molecule has 0 rings (SSSR count). The Morgan fingerprint density at radius 2 is 2.40 bits per heavy atom. The highest BCUT2D eigenvalue weighted by molar-refractivity contribution is 6.33. The second kappa shape index (κ2) is 3.73. The molecular weight excluding hydrogens is 65.8 g/mol. The molecule has 0 N–H and O–H groups in total. The van der Waals surface area contributed by atoms with Crippen molar-refractivity contribution in [2.45, 2.75) is 6.92 Å². The summed E-state index contributed by atoms with van der Waals surface area (Å²) in [7, 11) is -0.337. The lowest BCUT2D eigenvalue weighted by Gasteiger charge is -1.58. The molecule has 0 amide bonds. The van der Waals surface area contributed by atoms with Gasteiger partial charge in [0.2, 0.25) is 0 Å². The quantitative estimate of drug-likeness (QED) is 0.402. The van der Waals surface area contributed by atoms with Crippen LogP contribution in [0.25, 0.3) is 0 Å². The maximum Gasteiger partial charge on any atom is 0.356 e. The highest BCUT2D eigenvalue weighted by Crippen LogP contribution is 1.63. The summed E-state index contributed by atoms with van der Waals surface area (Å²) in [6, 6.07) is 0. The lowest BCUT2D eigenvalue weighted by Crippen LogP contribution is -1.61. The molecule has 0 bridgehead atoms. The molecule has 0 heterocycles. The Morgan fingerprint density at radius 3 is 2.40 bits per heavy atom. The molecule has 0 aromatic carbocycles. The van der Waals surface area contributed by atoms with Crippen molar-refractivity contribution in [2.75, 3.05) is 0 Å². The summed E-state index contributed by atoms with van der Waals surface area (Å²) in [5.74, 6) is 1.46. The third-order valence-corrected chi connectivity index (χ3v) is 0.325. The van der Waals surface area contributed by atoms with Crippen LogP contribution in [0.15, 0.2) is 12.1 Å². The van der Waals surface area contributed by atoms with Gasteiger partial charge in [-0.15, -0.1) is 0 Å². The van der Waals surface area contributed by atoms with E-state index in [0.29, 0.717) is 0 Å².